The summed E-state index contributed by atoms with van der Waals surface area (Å²) < 4.78 is 0. The first-order valence-electron chi connectivity index (χ1n) is 6.97. The lowest BCUT2D eigenvalue weighted by atomic mass is 10.1. The number of urea groups is 1. The lowest BCUT2D eigenvalue weighted by molar-refractivity contribution is 0.254. The number of anilines is 2. The minimum Gasteiger partial charge on any atom is -0.381 e. The minimum absolute atomic E-state index is 0.217. The average Bonchev–Trinajstić information content (AvgIpc) is 2.48. The third-order valence-corrected chi connectivity index (χ3v) is 3.35. The number of amides is 2. The predicted octanol–water partition coefficient (Wildman–Crippen LogP) is 3.67. The quantitative estimate of drug-likeness (QED) is 0.802. The van der Waals surface area contributed by atoms with Crippen molar-refractivity contribution >= 4 is 17.4 Å². The molecule has 4 heteroatoms. The Hall–Kier alpha value is -2.49. The summed E-state index contributed by atoms with van der Waals surface area (Å²) in [4.78, 5) is 11.2. The molecule has 0 fully saturated rings. The topological polar surface area (TPSA) is 53.2 Å². The van der Waals surface area contributed by atoms with Gasteiger partial charge in [-0.15, -0.1) is 0 Å². The van der Waals surface area contributed by atoms with Crippen LogP contribution in [-0.2, 0) is 6.54 Å². The summed E-state index contributed by atoms with van der Waals surface area (Å²) in [6, 6.07) is 13.9. The third-order valence-electron chi connectivity index (χ3n) is 3.35. The van der Waals surface area contributed by atoms with Crippen molar-refractivity contribution in [1.82, 2.24) is 5.32 Å². The van der Waals surface area contributed by atoms with E-state index in [2.05, 4.69) is 48.0 Å². The van der Waals surface area contributed by atoms with E-state index in [1.165, 1.54) is 16.7 Å². The number of rotatable bonds is 4. The van der Waals surface area contributed by atoms with Crippen molar-refractivity contribution < 1.29 is 4.79 Å². The van der Waals surface area contributed by atoms with E-state index in [9.17, 15) is 4.79 Å². The number of nitrogens with one attached hydrogen (secondary N) is 3. The summed E-state index contributed by atoms with van der Waals surface area (Å²) in [6.45, 7) is 5.01. The van der Waals surface area contributed by atoms with Gasteiger partial charge in [0, 0.05) is 25.0 Å². The SMILES string of the molecule is CNC(=O)Nc1ccc(NCc2ccc(C)cc2C)cc1. The molecule has 3 N–H and O–H groups in total. The first-order valence-corrected chi connectivity index (χ1v) is 6.97. The predicted molar refractivity (Wildman–Crippen MR) is 87.8 cm³/mol. The van der Waals surface area contributed by atoms with Crippen LogP contribution in [0.5, 0.6) is 0 Å². The second-order valence-electron chi connectivity index (χ2n) is 5.06. The molecule has 0 spiro atoms. The van der Waals surface area contributed by atoms with Gasteiger partial charge in [0.2, 0.25) is 0 Å². The Morgan fingerprint density at radius 3 is 2.29 bits per heavy atom. The van der Waals surface area contributed by atoms with Crippen molar-refractivity contribution in [1.29, 1.82) is 0 Å². The zero-order valence-electron chi connectivity index (χ0n) is 12.7. The van der Waals surface area contributed by atoms with Crippen LogP contribution in [0.3, 0.4) is 0 Å². The lowest BCUT2D eigenvalue weighted by Gasteiger charge is -2.11. The molecule has 0 aliphatic heterocycles. The molecule has 4 nitrogen and oxygen atoms in total. The van der Waals surface area contributed by atoms with Gasteiger partial charge < -0.3 is 16.0 Å². The fourth-order valence-electron chi connectivity index (χ4n) is 2.11. The van der Waals surface area contributed by atoms with Crippen molar-refractivity contribution in [2.45, 2.75) is 20.4 Å². The van der Waals surface area contributed by atoms with E-state index in [0.717, 1.165) is 17.9 Å². The first-order chi connectivity index (χ1) is 10.1. The molecule has 0 aliphatic carbocycles. The molecule has 2 rings (SSSR count). The summed E-state index contributed by atoms with van der Waals surface area (Å²) in [5.41, 5.74) is 5.65. The molecule has 2 aromatic carbocycles. The van der Waals surface area contributed by atoms with Gasteiger partial charge in [0.25, 0.3) is 0 Å². The maximum absolute atomic E-state index is 11.2. The van der Waals surface area contributed by atoms with Gasteiger partial charge in [-0.3, -0.25) is 0 Å². The van der Waals surface area contributed by atoms with Gasteiger partial charge >= 0.3 is 6.03 Å². The van der Waals surface area contributed by atoms with Gasteiger partial charge in [0.05, 0.1) is 0 Å². The normalized spacial score (nSPS) is 10.0. The van der Waals surface area contributed by atoms with E-state index < -0.39 is 0 Å². The standard InChI is InChI=1S/C17H21N3O/c1-12-4-5-14(13(2)10-12)11-19-15-6-8-16(9-7-15)20-17(21)18-3/h4-10,19H,11H2,1-3H3,(H2,18,20,21). The van der Waals surface area contributed by atoms with Crippen LogP contribution in [0.2, 0.25) is 0 Å². The van der Waals surface area contributed by atoms with Gasteiger partial charge in [-0.2, -0.15) is 0 Å². The molecule has 0 bridgehead atoms. The van der Waals surface area contributed by atoms with Gasteiger partial charge in [-0.25, -0.2) is 4.79 Å². The number of carbonyl (C=O) groups is 1. The molecule has 0 aromatic heterocycles. The highest BCUT2D eigenvalue weighted by molar-refractivity contribution is 5.89. The van der Waals surface area contributed by atoms with E-state index in [1.54, 1.807) is 7.05 Å². The zero-order chi connectivity index (χ0) is 15.2. The highest BCUT2D eigenvalue weighted by Gasteiger charge is 2.01. The second-order valence-corrected chi connectivity index (χ2v) is 5.06. The largest absolute Gasteiger partial charge is 0.381 e. The van der Waals surface area contributed by atoms with Crippen molar-refractivity contribution in [3.8, 4) is 0 Å². The van der Waals surface area contributed by atoms with Crippen LogP contribution in [0.1, 0.15) is 16.7 Å². The van der Waals surface area contributed by atoms with Crippen molar-refractivity contribution in [3.05, 3.63) is 59.2 Å². The highest BCUT2D eigenvalue weighted by Crippen LogP contribution is 2.16. The Balaban J connectivity index is 1.96. The average molecular weight is 283 g/mol. The Kier molecular flexibility index (Phi) is 4.82. The Morgan fingerprint density at radius 2 is 1.67 bits per heavy atom. The Morgan fingerprint density at radius 1 is 1.00 bits per heavy atom. The van der Waals surface area contributed by atoms with E-state index in [-0.39, 0.29) is 6.03 Å². The molecular formula is C17H21N3O. The smallest absolute Gasteiger partial charge is 0.318 e. The number of hydrogen-bond acceptors (Lipinski definition) is 2. The van der Waals surface area contributed by atoms with Gasteiger partial charge in [0.15, 0.2) is 0 Å². The molecule has 2 amide bonds. The second kappa shape index (κ2) is 6.79. The molecule has 0 unspecified atom stereocenters. The van der Waals surface area contributed by atoms with E-state index in [4.69, 9.17) is 0 Å². The molecule has 0 radical (unpaired) electrons. The minimum atomic E-state index is -0.217. The van der Waals surface area contributed by atoms with Crippen LogP contribution >= 0.6 is 0 Å². The Labute approximate surface area is 125 Å². The molecule has 0 heterocycles. The van der Waals surface area contributed by atoms with Gasteiger partial charge in [-0.05, 0) is 49.2 Å². The van der Waals surface area contributed by atoms with Crippen LogP contribution in [0, 0.1) is 13.8 Å². The number of carbonyl (C=O) groups excluding carboxylic acids is 1. The molecule has 0 aliphatic rings. The van der Waals surface area contributed by atoms with Crippen molar-refractivity contribution in [2.75, 3.05) is 17.7 Å². The Bertz CT molecular complexity index is 620. The van der Waals surface area contributed by atoms with Crippen LogP contribution in [0.4, 0.5) is 16.2 Å². The van der Waals surface area contributed by atoms with Crippen LogP contribution in [0.25, 0.3) is 0 Å². The monoisotopic (exact) mass is 283 g/mol. The summed E-state index contributed by atoms with van der Waals surface area (Å²) in [5.74, 6) is 0. The maximum Gasteiger partial charge on any atom is 0.318 e. The summed E-state index contributed by atoms with van der Waals surface area (Å²) in [5, 5.41) is 8.64. The summed E-state index contributed by atoms with van der Waals surface area (Å²) >= 11 is 0. The summed E-state index contributed by atoms with van der Waals surface area (Å²) in [7, 11) is 1.59. The number of aryl methyl sites for hydroxylation is 2. The van der Waals surface area contributed by atoms with Crippen LogP contribution in [-0.4, -0.2) is 13.1 Å². The van der Waals surface area contributed by atoms with Crippen LogP contribution in [0.15, 0.2) is 42.5 Å². The first kappa shape index (κ1) is 14.9. The number of hydrogen-bond donors (Lipinski definition) is 3. The molecule has 110 valence electrons. The van der Waals surface area contributed by atoms with E-state index in [1.807, 2.05) is 24.3 Å². The van der Waals surface area contributed by atoms with Crippen LogP contribution < -0.4 is 16.0 Å². The third kappa shape index (κ3) is 4.24. The summed E-state index contributed by atoms with van der Waals surface area (Å²) in [6.07, 6.45) is 0. The zero-order valence-corrected chi connectivity index (χ0v) is 12.7. The lowest BCUT2D eigenvalue weighted by Crippen LogP contribution is -2.24. The van der Waals surface area contributed by atoms with Crippen molar-refractivity contribution in [2.24, 2.45) is 0 Å². The van der Waals surface area contributed by atoms with Gasteiger partial charge in [-0.1, -0.05) is 23.8 Å². The van der Waals surface area contributed by atoms with Gasteiger partial charge in [0.1, 0.15) is 0 Å². The number of benzene rings is 2. The fraction of sp³-hybridized carbons (Fsp3) is 0.235. The maximum atomic E-state index is 11.2. The highest BCUT2D eigenvalue weighted by atomic mass is 16.2. The van der Waals surface area contributed by atoms with E-state index in [0.29, 0.717) is 0 Å². The molecule has 0 saturated heterocycles. The molecule has 21 heavy (non-hydrogen) atoms. The molecular weight excluding hydrogens is 262 g/mol. The molecule has 0 atom stereocenters. The van der Waals surface area contributed by atoms with E-state index >= 15 is 0 Å². The molecule has 0 saturated carbocycles. The molecule has 2 aromatic rings. The van der Waals surface area contributed by atoms with Crippen molar-refractivity contribution in [3.63, 3.8) is 0 Å². The fourth-order valence-corrected chi connectivity index (χ4v) is 2.11.